The van der Waals surface area contributed by atoms with Gasteiger partial charge in [0, 0.05) is 17.7 Å². The number of rotatable bonds is 4. The van der Waals surface area contributed by atoms with Crippen LogP contribution in [-0.4, -0.2) is 11.0 Å². The van der Waals surface area contributed by atoms with Gasteiger partial charge in [0.15, 0.2) is 5.84 Å². The first-order valence-corrected chi connectivity index (χ1v) is 5.96. The third kappa shape index (κ3) is 3.44. The van der Waals surface area contributed by atoms with Crippen LogP contribution in [0.4, 0.5) is 18.9 Å². The van der Waals surface area contributed by atoms with Crippen molar-refractivity contribution in [1.82, 2.24) is 0 Å². The molecule has 0 unspecified atom stereocenters. The molecule has 0 saturated carbocycles. The third-order valence-corrected chi connectivity index (χ3v) is 2.85. The molecule has 2 rings (SSSR count). The Labute approximate surface area is 118 Å². The first kappa shape index (κ1) is 14.7. The topological polar surface area (TPSA) is 70.6 Å². The van der Waals surface area contributed by atoms with E-state index in [1.807, 2.05) is 0 Å². The Bertz CT molecular complexity index is 689. The fraction of sp³-hybridized carbons (Fsp3) is 0.0714. The number of nitrogens with zero attached hydrogens (tertiary/aromatic N) is 1. The predicted octanol–water partition coefficient (Wildman–Crippen LogP) is 2.81. The van der Waals surface area contributed by atoms with Crippen LogP contribution in [-0.2, 0) is 6.54 Å². The number of oxime groups is 1. The van der Waals surface area contributed by atoms with Crippen LogP contribution in [0.1, 0.15) is 11.1 Å². The summed E-state index contributed by atoms with van der Waals surface area (Å²) in [7, 11) is 0. The van der Waals surface area contributed by atoms with Crippen LogP contribution in [0.15, 0.2) is 41.6 Å². The molecule has 7 heteroatoms. The zero-order valence-electron chi connectivity index (χ0n) is 10.8. The molecule has 110 valence electrons. The number of anilines is 1. The quantitative estimate of drug-likeness (QED) is 0.351. The van der Waals surface area contributed by atoms with Crippen LogP contribution in [0.3, 0.4) is 0 Å². The Balaban J connectivity index is 2.15. The molecular weight excluding hydrogens is 283 g/mol. The first-order chi connectivity index (χ1) is 10.0. The van der Waals surface area contributed by atoms with Crippen molar-refractivity contribution in [2.45, 2.75) is 6.54 Å². The molecule has 4 N–H and O–H groups in total. The van der Waals surface area contributed by atoms with Gasteiger partial charge in [-0.15, -0.1) is 0 Å². The summed E-state index contributed by atoms with van der Waals surface area (Å²) in [5.41, 5.74) is 5.73. The minimum Gasteiger partial charge on any atom is -0.409 e. The second kappa shape index (κ2) is 6.17. The Morgan fingerprint density at radius 1 is 1.10 bits per heavy atom. The molecule has 0 spiro atoms. The summed E-state index contributed by atoms with van der Waals surface area (Å²) in [4.78, 5) is 0. The van der Waals surface area contributed by atoms with Gasteiger partial charge in [0.2, 0.25) is 0 Å². The van der Waals surface area contributed by atoms with E-state index in [0.29, 0.717) is 0 Å². The maximum Gasteiger partial charge on any atom is 0.170 e. The van der Waals surface area contributed by atoms with Gasteiger partial charge in [-0.2, -0.15) is 0 Å². The summed E-state index contributed by atoms with van der Waals surface area (Å²) in [6.45, 7) is -0.0390. The molecule has 0 amide bonds. The molecule has 0 radical (unpaired) electrons. The molecule has 0 fully saturated rings. The molecule has 0 aliphatic rings. The highest BCUT2D eigenvalue weighted by atomic mass is 19.1. The van der Waals surface area contributed by atoms with Crippen molar-refractivity contribution in [3.8, 4) is 0 Å². The number of benzene rings is 2. The van der Waals surface area contributed by atoms with E-state index in [-0.39, 0.29) is 29.2 Å². The van der Waals surface area contributed by atoms with Gasteiger partial charge < -0.3 is 16.3 Å². The minimum absolute atomic E-state index is 0.0390. The van der Waals surface area contributed by atoms with Crippen molar-refractivity contribution >= 4 is 11.5 Å². The summed E-state index contributed by atoms with van der Waals surface area (Å²) in [6, 6.07) is 6.92. The standard InChI is InChI=1S/C14H12F3N3O/c15-10-3-4-11(16)13(6-10)19-7-9-2-1-8(5-12(9)17)14(18)20-21/h1-6,19,21H,7H2,(H2,18,20). The normalized spacial score (nSPS) is 11.5. The van der Waals surface area contributed by atoms with E-state index < -0.39 is 17.5 Å². The lowest BCUT2D eigenvalue weighted by molar-refractivity contribution is 0.318. The monoisotopic (exact) mass is 295 g/mol. The smallest absolute Gasteiger partial charge is 0.170 e. The Kier molecular flexibility index (Phi) is 4.32. The van der Waals surface area contributed by atoms with Crippen LogP contribution in [0.5, 0.6) is 0 Å². The number of nitrogens with two attached hydrogens (primary N) is 1. The Hall–Kier alpha value is -2.70. The summed E-state index contributed by atoms with van der Waals surface area (Å²) < 4.78 is 40.2. The maximum absolute atomic E-state index is 13.8. The average molecular weight is 295 g/mol. The minimum atomic E-state index is -0.634. The summed E-state index contributed by atoms with van der Waals surface area (Å²) in [6.07, 6.45) is 0. The van der Waals surface area contributed by atoms with Crippen molar-refractivity contribution in [3.63, 3.8) is 0 Å². The van der Waals surface area contributed by atoms with E-state index in [4.69, 9.17) is 10.9 Å². The van der Waals surface area contributed by atoms with E-state index in [0.717, 1.165) is 24.3 Å². The second-order valence-electron chi connectivity index (χ2n) is 4.27. The van der Waals surface area contributed by atoms with Crippen LogP contribution in [0, 0.1) is 17.5 Å². The highest BCUT2D eigenvalue weighted by Crippen LogP contribution is 2.18. The van der Waals surface area contributed by atoms with Crippen LogP contribution < -0.4 is 11.1 Å². The lowest BCUT2D eigenvalue weighted by Crippen LogP contribution is -2.14. The summed E-state index contributed by atoms with van der Waals surface area (Å²) in [5.74, 6) is -2.06. The van der Waals surface area contributed by atoms with Crippen LogP contribution in [0.2, 0.25) is 0 Å². The van der Waals surface area contributed by atoms with Crippen molar-refractivity contribution < 1.29 is 18.4 Å². The SMILES string of the molecule is NC(=NO)c1ccc(CNc2cc(F)ccc2F)c(F)c1. The first-order valence-electron chi connectivity index (χ1n) is 5.96. The van der Waals surface area contributed by atoms with E-state index in [1.165, 1.54) is 12.1 Å². The van der Waals surface area contributed by atoms with Gasteiger partial charge in [-0.05, 0) is 24.3 Å². The van der Waals surface area contributed by atoms with E-state index in [2.05, 4.69) is 10.5 Å². The molecule has 2 aromatic carbocycles. The fourth-order valence-electron chi connectivity index (χ4n) is 1.73. The Morgan fingerprint density at radius 2 is 1.86 bits per heavy atom. The molecule has 0 aliphatic carbocycles. The van der Waals surface area contributed by atoms with Gasteiger partial charge in [-0.3, -0.25) is 0 Å². The maximum atomic E-state index is 13.8. The number of hydrogen-bond donors (Lipinski definition) is 3. The zero-order valence-corrected chi connectivity index (χ0v) is 10.8. The van der Waals surface area contributed by atoms with Gasteiger partial charge in [0.1, 0.15) is 17.5 Å². The van der Waals surface area contributed by atoms with Crippen LogP contribution >= 0.6 is 0 Å². The van der Waals surface area contributed by atoms with Gasteiger partial charge in [-0.1, -0.05) is 17.3 Å². The lowest BCUT2D eigenvalue weighted by atomic mass is 10.1. The predicted molar refractivity (Wildman–Crippen MR) is 72.6 cm³/mol. The fourth-order valence-corrected chi connectivity index (χ4v) is 1.73. The zero-order chi connectivity index (χ0) is 15.4. The van der Waals surface area contributed by atoms with Crippen molar-refractivity contribution in [2.75, 3.05) is 5.32 Å². The number of hydrogen-bond acceptors (Lipinski definition) is 3. The van der Waals surface area contributed by atoms with Crippen molar-refractivity contribution in [2.24, 2.45) is 10.9 Å². The Morgan fingerprint density at radius 3 is 2.52 bits per heavy atom. The lowest BCUT2D eigenvalue weighted by Gasteiger charge is -2.09. The largest absolute Gasteiger partial charge is 0.409 e. The molecular formula is C14H12F3N3O. The van der Waals surface area contributed by atoms with E-state index >= 15 is 0 Å². The molecule has 4 nitrogen and oxygen atoms in total. The van der Waals surface area contributed by atoms with E-state index in [1.54, 1.807) is 0 Å². The van der Waals surface area contributed by atoms with Crippen LogP contribution in [0.25, 0.3) is 0 Å². The number of amidine groups is 1. The molecule has 0 bridgehead atoms. The second-order valence-corrected chi connectivity index (χ2v) is 4.27. The average Bonchev–Trinajstić information content (AvgIpc) is 2.48. The molecule has 0 aliphatic heterocycles. The molecule has 0 heterocycles. The van der Waals surface area contributed by atoms with E-state index in [9.17, 15) is 13.2 Å². The van der Waals surface area contributed by atoms with Gasteiger partial charge in [0.25, 0.3) is 0 Å². The number of halogens is 3. The molecule has 0 atom stereocenters. The molecule has 0 aromatic heterocycles. The van der Waals surface area contributed by atoms with Crippen molar-refractivity contribution in [3.05, 3.63) is 65.0 Å². The van der Waals surface area contributed by atoms with Gasteiger partial charge >= 0.3 is 0 Å². The molecule has 0 saturated heterocycles. The third-order valence-electron chi connectivity index (χ3n) is 2.85. The summed E-state index contributed by atoms with van der Waals surface area (Å²) in [5, 5.41) is 13.9. The molecule has 2 aromatic rings. The number of nitrogens with one attached hydrogen (secondary N) is 1. The van der Waals surface area contributed by atoms with Crippen molar-refractivity contribution in [1.29, 1.82) is 0 Å². The highest BCUT2D eigenvalue weighted by Gasteiger charge is 2.08. The highest BCUT2D eigenvalue weighted by molar-refractivity contribution is 5.97. The summed E-state index contributed by atoms with van der Waals surface area (Å²) >= 11 is 0. The van der Waals surface area contributed by atoms with Gasteiger partial charge in [-0.25, -0.2) is 13.2 Å². The van der Waals surface area contributed by atoms with Gasteiger partial charge in [0.05, 0.1) is 5.69 Å². The molecule has 21 heavy (non-hydrogen) atoms.